The average Bonchev–Trinajstić information content (AvgIpc) is 3.10. The molecule has 2 atom stereocenters. The molecule has 2 aromatic carbocycles. The smallest absolute Gasteiger partial charge is 0.312 e. The molecule has 0 radical (unpaired) electrons. The lowest BCUT2D eigenvalue weighted by molar-refractivity contribution is -0.196. The van der Waals surface area contributed by atoms with Crippen molar-refractivity contribution in [3.8, 4) is 0 Å². The molecule has 2 unspecified atom stereocenters. The summed E-state index contributed by atoms with van der Waals surface area (Å²) in [5.41, 5.74) is 0.0355. The van der Waals surface area contributed by atoms with Gasteiger partial charge < -0.3 is 9.47 Å². The number of benzene rings is 2. The third-order valence-electron chi connectivity index (χ3n) is 12.9. The van der Waals surface area contributed by atoms with Crippen molar-refractivity contribution in [1.29, 1.82) is 0 Å². The van der Waals surface area contributed by atoms with Crippen LogP contribution in [0.15, 0.2) is 85.1 Å². The number of hydrogen-bond acceptors (Lipinski definition) is 5. The Hall–Kier alpha value is -3.41. The Morgan fingerprint density at radius 3 is 1.78 bits per heavy atom. The van der Waals surface area contributed by atoms with Crippen LogP contribution in [0.3, 0.4) is 0 Å². The number of ether oxygens (including phenoxy) is 2. The monoisotopic (exact) mass is 661 g/mol. The van der Waals surface area contributed by atoms with Crippen LogP contribution in [0.25, 0.3) is 0 Å². The molecule has 1 aromatic heterocycles. The van der Waals surface area contributed by atoms with Crippen molar-refractivity contribution in [1.82, 2.24) is 4.98 Å². The van der Waals surface area contributed by atoms with E-state index in [9.17, 15) is 9.59 Å². The van der Waals surface area contributed by atoms with Crippen molar-refractivity contribution < 1.29 is 19.1 Å². The molecular formula is C43H56BNO4. The average molecular weight is 662 g/mol. The first-order valence-electron chi connectivity index (χ1n) is 18.8. The summed E-state index contributed by atoms with van der Waals surface area (Å²) in [6, 6.07) is 26.0. The minimum atomic E-state index is -0.955. The van der Waals surface area contributed by atoms with E-state index in [1.807, 2.05) is 99.8 Å². The molecule has 6 heteroatoms. The molecule has 49 heavy (non-hydrogen) atoms. The first-order valence-corrected chi connectivity index (χ1v) is 18.8. The number of pyridine rings is 1. The molecule has 0 N–H and O–H groups in total. The summed E-state index contributed by atoms with van der Waals surface area (Å²) in [6.07, 6.45) is 11.4. The van der Waals surface area contributed by atoms with Gasteiger partial charge in [-0.05, 0) is 125 Å². The maximum atomic E-state index is 14.6. The Morgan fingerprint density at radius 1 is 0.755 bits per heavy atom. The van der Waals surface area contributed by atoms with E-state index in [0.717, 1.165) is 49.8 Å². The van der Waals surface area contributed by atoms with E-state index in [0.29, 0.717) is 36.9 Å². The van der Waals surface area contributed by atoms with E-state index in [2.05, 4.69) is 26.8 Å². The lowest BCUT2D eigenvalue weighted by atomic mass is 9.44. The van der Waals surface area contributed by atoms with Crippen LogP contribution < -0.4 is 0 Å². The SMILES string of the molecule is CCC(C)(BCC(C)(CCC(C)(C)C(=O)OC(C)(c1ccccc1)c1ccccc1)C(=O)OC12CC3CC(CC(C3)C1)C2)c1ccccn1. The number of carbonyl (C=O) groups is 2. The van der Waals surface area contributed by atoms with Gasteiger partial charge in [0.1, 0.15) is 12.9 Å². The van der Waals surface area contributed by atoms with Crippen LogP contribution in [0, 0.1) is 28.6 Å². The van der Waals surface area contributed by atoms with Crippen LogP contribution in [0.5, 0.6) is 0 Å². The summed E-state index contributed by atoms with van der Waals surface area (Å²) < 4.78 is 13.3. The molecule has 0 spiro atoms. The number of nitrogens with zero attached hydrogens (tertiary/aromatic N) is 1. The van der Waals surface area contributed by atoms with Crippen molar-refractivity contribution in [3.05, 3.63) is 102 Å². The second-order valence-electron chi connectivity index (χ2n) is 17.2. The number of rotatable bonds is 14. The zero-order valence-electron chi connectivity index (χ0n) is 30.7. The van der Waals surface area contributed by atoms with Gasteiger partial charge in [-0.15, -0.1) is 0 Å². The molecule has 4 bridgehead atoms. The van der Waals surface area contributed by atoms with Gasteiger partial charge in [0.05, 0.1) is 10.8 Å². The second kappa shape index (κ2) is 13.7. The maximum absolute atomic E-state index is 14.6. The molecule has 4 fully saturated rings. The molecular weight excluding hydrogens is 605 g/mol. The predicted octanol–water partition coefficient (Wildman–Crippen LogP) is 9.39. The fourth-order valence-electron chi connectivity index (χ4n) is 9.37. The highest BCUT2D eigenvalue weighted by molar-refractivity contribution is 6.40. The van der Waals surface area contributed by atoms with Gasteiger partial charge in [-0.25, -0.2) is 0 Å². The zero-order chi connectivity index (χ0) is 34.9. The van der Waals surface area contributed by atoms with E-state index in [1.165, 1.54) is 19.3 Å². The fraction of sp³-hybridized carbons (Fsp3) is 0.558. The second-order valence-corrected chi connectivity index (χ2v) is 17.2. The Balaban J connectivity index is 1.23. The predicted molar refractivity (Wildman–Crippen MR) is 197 cm³/mol. The first-order chi connectivity index (χ1) is 23.3. The Kier molecular flexibility index (Phi) is 9.92. The summed E-state index contributed by atoms with van der Waals surface area (Å²) in [5.74, 6) is 1.71. The molecule has 0 aliphatic heterocycles. The van der Waals surface area contributed by atoms with E-state index < -0.39 is 16.4 Å². The summed E-state index contributed by atoms with van der Waals surface area (Å²) in [4.78, 5) is 33.6. The van der Waals surface area contributed by atoms with Gasteiger partial charge in [0.2, 0.25) is 0 Å². The number of carbonyl (C=O) groups excluding carboxylic acids is 2. The van der Waals surface area contributed by atoms with Gasteiger partial charge in [0, 0.05) is 11.9 Å². The Labute approximate surface area is 295 Å². The molecule has 7 rings (SSSR count). The van der Waals surface area contributed by atoms with Crippen molar-refractivity contribution >= 4 is 19.2 Å². The lowest BCUT2D eigenvalue weighted by Gasteiger charge is -2.56. The standard InChI is InChI=1S/C43H56BNO4/c1-7-41(5,36-20-14-15-23-45-36)44-30-40(4,38(47)49-43-27-31-24-32(28-43)26-33(25-31)29-43)22-21-39(2,3)37(46)48-42(6,34-16-10-8-11-17-34)35-18-12-9-13-19-35/h8-20,23,31-33,44H,7,21-22,24-30H2,1-6H3. The fourth-order valence-corrected chi connectivity index (χ4v) is 9.37. The molecule has 4 aliphatic carbocycles. The van der Waals surface area contributed by atoms with Crippen LogP contribution in [0.2, 0.25) is 6.32 Å². The highest BCUT2D eigenvalue weighted by atomic mass is 16.6. The van der Waals surface area contributed by atoms with E-state index in [-0.39, 0.29) is 22.9 Å². The summed E-state index contributed by atoms with van der Waals surface area (Å²) in [7, 11) is 0.804. The highest BCUT2D eigenvalue weighted by Gasteiger charge is 2.55. The maximum Gasteiger partial charge on any atom is 0.312 e. The van der Waals surface area contributed by atoms with Crippen molar-refractivity contribution in [3.63, 3.8) is 0 Å². The van der Waals surface area contributed by atoms with Crippen LogP contribution in [-0.2, 0) is 30.0 Å². The van der Waals surface area contributed by atoms with Crippen LogP contribution >= 0.6 is 0 Å². The van der Waals surface area contributed by atoms with Gasteiger partial charge in [-0.1, -0.05) is 93.3 Å². The molecule has 260 valence electrons. The Morgan fingerprint density at radius 2 is 1.29 bits per heavy atom. The molecule has 0 amide bonds. The summed E-state index contributed by atoms with van der Waals surface area (Å²) in [5, 5.41) is -0.175. The van der Waals surface area contributed by atoms with E-state index >= 15 is 0 Å². The number of esters is 2. The molecule has 3 aromatic rings. The molecule has 0 saturated heterocycles. The third kappa shape index (κ3) is 7.40. The quantitative estimate of drug-likeness (QED) is 0.127. The van der Waals surface area contributed by atoms with Gasteiger partial charge in [0.25, 0.3) is 0 Å². The van der Waals surface area contributed by atoms with E-state index in [1.54, 1.807) is 0 Å². The summed E-state index contributed by atoms with van der Waals surface area (Å²) in [6.45, 7) is 12.4. The van der Waals surface area contributed by atoms with Crippen molar-refractivity contribution in [2.24, 2.45) is 28.6 Å². The minimum Gasteiger partial charge on any atom is -0.459 e. The summed E-state index contributed by atoms with van der Waals surface area (Å²) >= 11 is 0. The molecule has 4 aliphatic rings. The first kappa shape index (κ1) is 35.4. The van der Waals surface area contributed by atoms with Gasteiger partial charge >= 0.3 is 11.9 Å². The van der Waals surface area contributed by atoms with E-state index in [4.69, 9.17) is 14.5 Å². The van der Waals surface area contributed by atoms with Crippen LogP contribution in [0.1, 0.15) is 116 Å². The van der Waals surface area contributed by atoms with Gasteiger partial charge in [-0.2, -0.15) is 0 Å². The lowest BCUT2D eigenvalue weighted by Crippen LogP contribution is -2.54. The van der Waals surface area contributed by atoms with Crippen LogP contribution in [-0.4, -0.2) is 29.8 Å². The molecule has 5 nitrogen and oxygen atoms in total. The third-order valence-corrected chi connectivity index (χ3v) is 12.9. The largest absolute Gasteiger partial charge is 0.459 e. The molecule has 4 saturated carbocycles. The zero-order valence-corrected chi connectivity index (χ0v) is 30.7. The number of aromatic nitrogens is 1. The molecule has 1 heterocycles. The minimum absolute atomic E-state index is 0.0866. The normalized spacial score (nSPS) is 25.6. The Bertz CT molecular complexity index is 1520. The van der Waals surface area contributed by atoms with Crippen molar-refractivity contribution in [2.75, 3.05) is 0 Å². The topological polar surface area (TPSA) is 65.5 Å². The van der Waals surface area contributed by atoms with Crippen molar-refractivity contribution in [2.45, 2.75) is 122 Å². The number of hydrogen-bond donors (Lipinski definition) is 0. The highest BCUT2D eigenvalue weighted by Crippen LogP contribution is 2.58. The van der Waals surface area contributed by atoms with Gasteiger partial charge in [-0.3, -0.25) is 14.6 Å². The van der Waals surface area contributed by atoms with Gasteiger partial charge in [0.15, 0.2) is 5.60 Å². The van der Waals surface area contributed by atoms with Crippen LogP contribution in [0.4, 0.5) is 0 Å².